The van der Waals surface area contributed by atoms with Gasteiger partial charge in [-0.05, 0) is 18.6 Å². The predicted octanol–water partition coefficient (Wildman–Crippen LogP) is 1.20. The molecule has 0 fully saturated rings. The molecule has 0 spiro atoms. The predicted molar refractivity (Wildman–Crippen MR) is 49.2 cm³/mol. The van der Waals surface area contributed by atoms with E-state index >= 15 is 0 Å². The lowest BCUT2D eigenvalue weighted by atomic mass is 10.2. The standard InChI is InChI=1S/C9H14N2O/c1-7(12)8-4-5-9(10-6-8)11(2)3/h4-7,12H,1-3H3/t7-/m1/s1. The molecule has 1 N–H and O–H groups in total. The number of aliphatic hydroxyl groups is 1. The van der Waals surface area contributed by atoms with Gasteiger partial charge in [-0.1, -0.05) is 6.07 Å². The van der Waals surface area contributed by atoms with Crippen molar-refractivity contribution in [2.75, 3.05) is 19.0 Å². The van der Waals surface area contributed by atoms with Crippen LogP contribution in [0.1, 0.15) is 18.6 Å². The maximum atomic E-state index is 9.20. The molecule has 0 aliphatic carbocycles. The summed E-state index contributed by atoms with van der Waals surface area (Å²) in [6, 6.07) is 3.77. The monoisotopic (exact) mass is 166 g/mol. The Morgan fingerprint density at radius 3 is 2.42 bits per heavy atom. The van der Waals surface area contributed by atoms with Crippen LogP contribution in [0.25, 0.3) is 0 Å². The highest BCUT2D eigenvalue weighted by atomic mass is 16.3. The first-order chi connectivity index (χ1) is 5.61. The second kappa shape index (κ2) is 3.54. The summed E-state index contributed by atoms with van der Waals surface area (Å²) in [7, 11) is 3.87. The molecular formula is C9H14N2O. The summed E-state index contributed by atoms with van der Waals surface area (Å²) >= 11 is 0. The minimum absolute atomic E-state index is 0.436. The Labute approximate surface area is 72.7 Å². The molecule has 0 bridgehead atoms. The van der Waals surface area contributed by atoms with E-state index in [4.69, 9.17) is 0 Å². The second-order valence-electron chi connectivity index (χ2n) is 3.02. The normalized spacial score (nSPS) is 12.7. The molecule has 0 aliphatic heterocycles. The van der Waals surface area contributed by atoms with E-state index in [9.17, 15) is 5.11 Å². The molecule has 1 atom stereocenters. The maximum absolute atomic E-state index is 9.20. The van der Waals surface area contributed by atoms with Crippen LogP contribution in [-0.2, 0) is 0 Å². The summed E-state index contributed by atoms with van der Waals surface area (Å²) in [6.45, 7) is 1.73. The minimum atomic E-state index is -0.436. The quantitative estimate of drug-likeness (QED) is 0.717. The van der Waals surface area contributed by atoms with E-state index in [1.54, 1.807) is 13.1 Å². The van der Waals surface area contributed by atoms with Gasteiger partial charge in [0.15, 0.2) is 0 Å². The summed E-state index contributed by atoms with van der Waals surface area (Å²) in [5, 5.41) is 9.20. The highest BCUT2D eigenvalue weighted by Gasteiger charge is 2.01. The third kappa shape index (κ3) is 1.95. The summed E-state index contributed by atoms with van der Waals surface area (Å²) in [4.78, 5) is 6.09. The van der Waals surface area contributed by atoms with Crippen LogP contribution in [0.2, 0.25) is 0 Å². The topological polar surface area (TPSA) is 36.4 Å². The van der Waals surface area contributed by atoms with Crippen LogP contribution in [0, 0.1) is 0 Å². The first-order valence-corrected chi connectivity index (χ1v) is 3.92. The zero-order valence-electron chi connectivity index (χ0n) is 7.65. The average Bonchev–Trinajstić information content (AvgIpc) is 2.04. The number of aliphatic hydroxyl groups excluding tert-OH is 1. The largest absolute Gasteiger partial charge is 0.389 e. The molecule has 0 amide bonds. The summed E-state index contributed by atoms with van der Waals surface area (Å²) in [6.07, 6.45) is 1.26. The van der Waals surface area contributed by atoms with E-state index in [0.717, 1.165) is 11.4 Å². The van der Waals surface area contributed by atoms with Gasteiger partial charge in [-0.3, -0.25) is 0 Å². The lowest BCUT2D eigenvalue weighted by molar-refractivity contribution is 0.199. The zero-order chi connectivity index (χ0) is 9.14. The molecule has 0 saturated heterocycles. The number of hydrogen-bond acceptors (Lipinski definition) is 3. The Kier molecular flexibility index (Phi) is 2.65. The number of hydrogen-bond donors (Lipinski definition) is 1. The first kappa shape index (κ1) is 9.00. The van der Waals surface area contributed by atoms with Gasteiger partial charge in [0, 0.05) is 20.3 Å². The molecule has 1 aromatic rings. The van der Waals surface area contributed by atoms with Gasteiger partial charge in [0.1, 0.15) is 5.82 Å². The number of aromatic nitrogens is 1. The van der Waals surface area contributed by atoms with Crippen LogP contribution < -0.4 is 4.90 Å². The van der Waals surface area contributed by atoms with Crippen LogP contribution in [-0.4, -0.2) is 24.2 Å². The Bertz CT molecular complexity index is 214. The lowest BCUT2D eigenvalue weighted by Crippen LogP contribution is -2.10. The number of nitrogens with zero attached hydrogens (tertiary/aromatic N) is 2. The Balaban J connectivity index is 2.86. The van der Waals surface area contributed by atoms with Gasteiger partial charge in [0.05, 0.1) is 6.10 Å². The first-order valence-electron chi connectivity index (χ1n) is 3.92. The van der Waals surface area contributed by atoms with Gasteiger partial charge in [-0.25, -0.2) is 4.98 Å². The van der Waals surface area contributed by atoms with Crippen molar-refractivity contribution in [3.05, 3.63) is 23.9 Å². The van der Waals surface area contributed by atoms with Gasteiger partial charge in [0.25, 0.3) is 0 Å². The molecular weight excluding hydrogens is 152 g/mol. The average molecular weight is 166 g/mol. The third-order valence-electron chi connectivity index (χ3n) is 1.71. The molecule has 12 heavy (non-hydrogen) atoms. The van der Waals surface area contributed by atoms with Crippen LogP contribution >= 0.6 is 0 Å². The van der Waals surface area contributed by atoms with Gasteiger partial charge in [-0.2, -0.15) is 0 Å². The van der Waals surface area contributed by atoms with Crippen molar-refractivity contribution >= 4 is 5.82 Å². The fourth-order valence-corrected chi connectivity index (χ4v) is 0.909. The number of pyridine rings is 1. The van der Waals surface area contributed by atoms with Crippen molar-refractivity contribution in [2.24, 2.45) is 0 Å². The number of anilines is 1. The van der Waals surface area contributed by atoms with Gasteiger partial charge in [0.2, 0.25) is 0 Å². The van der Waals surface area contributed by atoms with E-state index in [-0.39, 0.29) is 0 Å². The van der Waals surface area contributed by atoms with E-state index in [1.165, 1.54) is 0 Å². The van der Waals surface area contributed by atoms with Crippen LogP contribution in [0.15, 0.2) is 18.3 Å². The van der Waals surface area contributed by atoms with Crippen LogP contribution in [0.5, 0.6) is 0 Å². The summed E-state index contributed by atoms with van der Waals surface area (Å²) in [5.74, 6) is 0.902. The summed E-state index contributed by atoms with van der Waals surface area (Å²) in [5.41, 5.74) is 0.848. The van der Waals surface area contributed by atoms with Gasteiger partial charge in [-0.15, -0.1) is 0 Å². The molecule has 1 rings (SSSR count). The molecule has 1 heterocycles. The van der Waals surface area contributed by atoms with E-state index < -0.39 is 6.10 Å². The maximum Gasteiger partial charge on any atom is 0.127 e. The smallest absolute Gasteiger partial charge is 0.127 e. The fraction of sp³-hybridized carbons (Fsp3) is 0.444. The van der Waals surface area contributed by atoms with E-state index in [2.05, 4.69) is 4.98 Å². The highest BCUT2D eigenvalue weighted by molar-refractivity contribution is 5.37. The SMILES string of the molecule is C[C@@H](O)c1ccc(N(C)C)nc1. The molecule has 0 unspecified atom stereocenters. The molecule has 0 saturated carbocycles. The van der Waals surface area contributed by atoms with Crippen molar-refractivity contribution in [1.29, 1.82) is 0 Å². The Hall–Kier alpha value is -1.09. The Morgan fingerprint density at radius 1 is 1.42 bits per heavy atom. The third-order valence-corrected chi connectivity index (χ3v) is 1.71. The molecule has 66 valence electrons. The van der Waals surface area contributed by atoms with Crippen LogP contribution in [0.3, 0.4) is 0 Å². The molecule has 1 aromatic heterocycles. The molecule has 0 aromatic carbocycles. The lowest BCUT2D eigenvalue weighted by Gasteiger charge is -2.11. The van der Waals surface area contributed by atoms with Gasteiger partial charge >= 0.3 is 0 Å². The Morgan fingerprint density at radius 2 is 2.08 bits per heavy atom. The van der Waals surface area contributed by atoms with E-state index in [0.29, 0.717) is 0 Å². The summed E-state index contributed by atoms with van der Waals surface area (Å²) < 4.78 is 0. The van der Waals surface area contributed by atoms with Crippen molar-refractivity contribution in [3.8, 4) is 0 Å². The van der Waals surface area contributed by atoms with Crippen molar-refractivity contribution in [3.63, 3.8) is 0 Å². The zero-order valence-corrected chi connectivity index (χ0v) is 7.65. The van der Waals surface area contributed by atoms with Gasteiger partial charge < -0.3 is 10.0 Å². The fourth-order valence-electron chi connectivity index (χ4n) is 0.909. The van der Waals surface area contributed by atoms with Crippen LogP contribution in [0.4, 0.5) is 5.82 Å². The number of rotatable bonds is 2. The minimum Gasteiger partial charge on any atom is -0.389 e. The molecule has 3 heteroatoms. The van der Waals surface area contributed by atoms with Crippen molar-refractivity contribution in [1.82, 2.24) is 4.98 Å². The van der Waals surface area contributed by atoms with E-state index in [1.807, 2.05) is 31.1 Å². The van der Waals surface area contributed by atoms with Crippen molar-refractivity contribution < 1.29 is 5.11 Å². The molecule has 0 aliphatic rings. The molecule has 0 radical (unpaired) electrons. The molecule has 3 nitrogen and oxygen atoms in total. The highest BCUT2D eigenvalue weighted by Crippen LogP contribution is 2.13. The van der Waals surface area contributed by atoms with Crippen molar-refractivity contribution in [2.45, 2.75) is 13.0 Å². The second-order valence-corrected chi connectivity index (χ2v) is 3.02.